The molecule has 0 saturated carbocycles. The number of imidazole rings is 1. The molecule has 0 saturated heterocycles. The van der Waals surface area contributed by atoms with E-state index in [9.17, 15) is 4.79 Å². The summed E-state index contributed by atoms with van der Waals surface area (Å²) < 4.78 is 7.69. The molecule has 0 atom stereocenters. The average molecular weight is 371 g/mol. The van der Waals surface area contributed by atoms with Crippen LogP contribution in [0.2, 0.25) is 0 Å². The SMILES string of the molecule is Cc1ccn2cc(CC(=O)Nc3ccc(OCc4ccccc4)cc3)nc2c1. The number of fused-ring (bicyclic) bond motifs is 1. The Kier molecular flexibility index (Phi) is 5.06. The van der Waals surface area contributed by atoms with E-state index in [-0.39, 0.29) is 12.3 Å². The number of pyridine rings is 1. The summed E-state index contributed by atoms with van der Waals surface area (Å²) in [7, 11) is 0. The van der Waals surface area contributed by atoms with Crippen LogP contribution >= 0.6 is 0 Å². The van der Waals surface area contributed by atoms with E-state index in [0.717, 1.165) is 33.9 Å². The van der Waals surface area contributed by atoms with E-state index in [2.05, 4.69) is 10.3 Å². The molecular weight excluding hydrogens is 350 g/mol. The number of carbonyl (C=O) groups excluding carboxylic acids is 1. The third-order valence-corrected chi connectivity index (χ3v) is 4.39. The van der Waals surface area contributed by atoms with Gasteiger partial charge in [0.25, 0.3) is 0 Å². The summed E-state index contributed by atoms with van der Waals surface area (Å²) in [5, 5.41) is 2.90. The summed E-state index contributed by atoms with van der Waals surface area (Å²) in [5.41, 5.74) is 4.58. The van der Waals surface area contributed by atoms with E-state index in [1.54, 1.807) is 0 Å². The molecule has 5 nitrogen and oxygen atoms in total. The first kappa shape index (κ1) is 17.8. The Labute approximate surface area is 163 Å². The van der Waals surface area contributed by atoms with Gasteiger partial charge in [-0.05, 0) is 54.4 Å². The van der Waals surface area contributed by atoms with Crippen molar-refractivity contribution in [1.29, 1.82) is 0 Å². The predicted molar refractivity (Wildman–Crippen MR) is 109 cm³/mol. The first-order valence-corrected chi connectivity index (χ1v) is 9.16. The number of aryl methyl sites for hydroxylation is 1. The van der Waals surface area contributed by atoms with Crippen LogP contribution in [0.15, 0.2) is 79.1 Å². The minimum absolute atomic E-state index is 0.0990. The second kappa shape index (κ2) is 7.96. The van der Waals surface area contributed by atoms with Gasteiger partial charge in [0.2, 0.25) is 5.91 Å². The number of aromatic nitrogens is 2. The van der Waals surface area contributed by atoms with Gasteiger partial charge in [-0.2, -0.15) is 0 Å². The first-order valence-electron chi connectivity index (χ1n) is 9.16. The van der Waals surface area contributed by atoms with Gasteiger partial charge in [0.05, 0.1) is 12.1 Å². The van der Waals surface area contributed by atoms with Crippen molar-refractivity contribution in [2.45, 2.75) is 20.0 Å². The summed E-state index contributed by atoms with van der Waals surface area (Å²) >= 11 is 0. The van der Waals surface area contributed by atoms with Crippen LogP contribution in [0, 0.1) is 6.92 Å². The molecule has 0 aliphatic heterocycles. The van der Waals surface area contributed by atoms with E-state index >= 15 is 0 Å². The highest BCUT2D eigenvalue weighted by Crippen LogP contribution is 2.17. The van der Waals surface area contributed by atoms with Crippen LogP contribution in [0.3, 0.4) is 0 Å². The minimum Gasteiger partial charge on any atom is -0.489 e. The molecule has 1 N–H and O–H groups in total. The number of anilines is 1. The molecule has 0 aliphatic carbocycles. The molecule has 0 fully saturated rings. The van der Waals surface area contributed by atoms with Gasteiger partial charge >= 0.3 is 0 Å². The predicted octanol–water partition coefficient (Wildman–Crippen LogP) is 4.40. The van der Waals surface area contributed by atoms with Crippen LogP contribution in [0.25, 0.3) is 5.65 Å². The number of nitrogens with zero attached hydrogens (tertiary/aromatic N) is 2. The number of hydrogen-bond donors (Lipinski definition) is 1. The van der Waals surface area contributed by atoms with Gasteiger partial charge in [0, 0.05) is 18.1 Å². The number of rotatable bonds is 6. The van der Waals surface area contributed by atoms with Gasteiger partial charge in [0.15, 0.2) is 0 Å². The summed E-state index contributed by atoms with van der Waals surface area (Å²) in [6, 6.07) is 21.4. The Morgan fingerprint density at radius 3 is 2.64 bits per heavy atom. The molecule has 1 amide bonds. The fourth-order valence-corrected chi connectivity index (χ4v) is 2.97. The van der Waals surface area contributed by atoms with Gasteiger partial charge in [-0.25, -0.2) is 4.98 Å². The number of carbonyl (C=O) groups is 1. The zero-order chi connectivity index (χ0) is 19.3. The number of ether oxygens (including phenoxy) is 1. The quantitative estimate of drug-likeness (QED) is 0.546. The lowest BCUT2D eigenvalue weighted by Crippen LogP contribution is -2.14. The van der Waals surface area contributed by atoms with E-state index in [1.807, 2.05) is 90.4 Å². The lowest BCUT2D eigenvalue weighted by Gasteiger charge is -2.08. The zero-order valence-electron chi connectivity index (χ0n) is 15.6. The van der Waals surface area contributed by atoms with Crippen molar-refractivity contribution in [3.63, 3.8) is 0 Å². The molecule has 2 aromatic carbocycles. The molecule has 0 radical (unpaired) electrons. The van der Waals surface area contributed by atoms with Crippen LogP contribution in [0.5, 0.6) is 5.75 Å². The van der Waals surface area contributed by atoms with Crippen molar-refractivity contribution in [3.05, 3.63) is 95.9 Å². The van der Waals surface area contributed by atoms with E-state index in [4.69, 9.17) is 4.74 Å². The standard InChI is InChI=1S/C23H21N3O2/c1-17-11-12-26-15-20(24-22(26)13-17)14-23(27)25-19-7-9-21(10-8-19)28-16-18-5-3-2-4-6-18/h2-13,15H,14,16H2,1H3,(H,25,27). The van der Waals surface area contributed by atoms with Crippen molar-refractivity contribution in [2.24, 2.45) is 0 Å². The van der Waals surface area contributed by atoms with Crippen LogP contribution in [-0.2, 0) is 17.8 Å². The highest BCUT2D eigenvalue weighted by atomic mass is 16.5. The molecule has 4 aromatic rings. The molecule has 0 unspecified atom stereocenters. The third-order valence-electron chi connectivity index (χ3n) is 4.39. The number of amides is 1. The molecule has 0 bridgehead atoms. The normalized spacial score (nSPS) is 10.8. The van der Waals surface area contributed by atoms with Crippen molar-refractivity contribution in [1.82, 2.24) is 9.38 Å². The maximum Gasteiger partial charge on any atom is 0.230 e. The average Bonchev–Trinajstić information content (AvgIpc) is 3.09. The summed E-state index contributed by atoms with van der Waals surface area (Å²) in [6.45, 7) is 2.54. The van der Waals surface area contributed by atoms with E-state index < -0.39 is 0 Å². The molecule has 0 spiro atoms. The van der Waals surface area contributed by atoms with Crippen molar-refractivity contribution >= 4 is 17.2 Å². The van der Waals surface area contributed by atoms with Gasteiger partial charge in [-0.15, -0.1) is 0 Å². The molecule has 140 valence electrons. The van der Waals surface area contributed by atoms with Crippen molar-refractivity contribution in [2.75, 3.05) is 5.32 Å². The molecule has 2 heterocycles. The maximum absolute atomic E-state index is 12.3. The second-order valence-electron chi connectivity index (χ2n) is 6.73. The van der Waals surface area contributed by atoms with Crippen LogP contribution in [0.4, 0.5) is 5.69 Å². The Hall–Kier alpha value is -3.60. The lowest BCUT2D eigenvalue weighted by atomic mass is 10.2. The molecule has 5 heteroatoms. The van der Waals surface area contributed by atoms with Gasteiger partial charge in [-0.1, -0.05) is 30.3 Å². The first-order chi connectivity index (χ1) is 13.7. The highest BCUT2D eigenvalue weighted by Gasteiger charge is 2.08. The summed E-state index contributed by atoms with van der Waals surface area (Å²) in [6.07, 6.45) is 4.06. The van der Waals surface area contributed by atoms with Crippen LogP contribution < -0.4 is 10.1 Å². The monoisotopic (exact) mass is 371 g/mol. The largest absolute Gasteiger partial charge is 0.489 e. The van der Waals surface area contributed by atoms with Gasteiger partial charge < -0.3 is 14.5 Å². The maximum atomic E-state index is 12.3. The second-order valence-corrected chi connectivity index (χ2v) is 6.73. The Balaban J connectivity index is 1.33. The van der Waals surface area contributed by atoms with Crippen LogP contribution in [0.1, 0.15) is 16.8 Å². The highest BCUT2D eigenvalue weighted by molar-refractivity contribution is 5.92. The zero-order valence-corrected chi connectivity index (χ0v) is 15.6. The number of nitrogens with one attached hydrogen (secondary N) is 1. The van der Waals surface area contributed by atoms with Crippen molar-refractivity contribution in [3.8, 4) is 5.75 Å². The smallest absolute Gasteiger partial charge is 0.230 e. The lowest BCUT2D eigenvalue weighted by molar-refractivity contribution is -0.115. The Morgan fingerprint density at radius 1 is 1.07 bits per heavy atom. The van der Waals surface area contributed by atoms with Gasteiger partial charge in [0.1, 0.15) is 18.0 Å². The number of hydrogen-bond acceptors (Lipinski definition) is 3. The fourth-order valence-electron chi connectivity index (χ4n) is 2.97. The van der Waals surface area contributed by atoms with Crippen molar-refractivity contribution < 1.29 is 9.53 Å². The molecule has 28 heavy (non-hydrogen) atoms. The Morgan fingerprint density at radius 2 is 1.86 bits per heavy atom. The third kappa shape index (κ3) is 4.38. The topological polar surface area (TPSA) is 55.6 Å². The minimum atomic E-state index is -0.0990. The summed E-state index contributed by atoms with van der Waals surface area (Å²) in [5.74, 6) is 0.663. The molecule has 0 aliphatic rings. The Bertz CT molecular complexity index is 1090. The van der Waals surface area contributed by atoms with Gasteiger partial charge in [-0.3, -0.25) is 4.79 Å². The summed E-state index contributed by atoms with van der Waals surface area (Å²) in [4.78, 5) is 16.8. The molecule has 4 rings (SSSR count). The molecule has 2 aromatic heterocycles. The molecular formula is C23H21N3O2. The number of benzene rings is 2. The van der Waals surface area contributed by atoms with Crippen LogP contribution in [-0.4, -0.2) is 15.3 Å². The fraction of sp³-hybridized carbons (Fsp3) is 0.130. The van der Waals surface area contributed by atoms with E-state index in [0.29, 0.717) is 6.61 Å². The van der Waals surface area contributed by atoms with E-state index in [1.165, 1.54) is 0 Å².